The van der Waals surface area contributed by atoms with Crippen LogP contribution in [-0.4, -0.2) is 48.7 Å². The third kappa shape index (κ3) is 4.01. The van der Waals surface area contributed by atoms with E-state index in [-0.39, 0.29) is 13.2 Å². The van der Waals surface area contributed by atoms with Crippen molar-refractivity contribution >= 4 is 29.6 Å². The molecule has 3 rings (SSSR count). The van der Waals surface area contributed by atoms with Crippen LogP contribution < -0.4 is 4.90 Å². The lowest BCUT2D eigenvalue weighted by atomic mass is 10.2. The fraction of sp³-hybridized carbons (Fsp3) is 0.200. The molecular formula is C20H18N2O6. The number of imide groups is 1. The molecule has 1 saturated heterocycles. The number of carbonyl (C=O) groups is 4. The average molecular weight is 382 g/mol. The van der Waals surface area contributed by atoms with Gasteiger partial charge >= 0.3 is 18.0 Å². The van der Waals surface area contributed by atoms with E-state index >= 15 is 0 Å². The van der Waals surface area contributed by atoms with Crippen molar-refractivity contribution in [2.24, 2.45) is 0 Å². The van der Waals surface area contributed by atoms with Crippen molar-refractivity contribution in [3.05, 3.63) is 65.7 Å². The normalized spacial score (nSPS) is 13.6. The molecule has 2 aromatic rings. The number of hydrogen-bond acceptors (Lipinski definition) is 6. The molecule has 0 atom stereocenters. The van der Waals surface area contributed by atoms with Crippen LogP contribution in [0.3, 0.4) is 0 Å². The van der Waals surface area contributed by atoms with Crippen molar-refractivity contribution < 1.29 is 28.7 Å². The Labute approximate surface area is 161 Å². The van der Waals surface area contributed by atoms with E-state index in [0.29, 0.717) is 16.8 Å². The highest BCUT2D eigenvalue weighted by molar-refractivity contribution is 6.12. The molecule has 8 heteroatoms. The van der Waals surface area contributed by atoms with Crippen LogP contribution in [0.25, 0.3) is 0 Å². The molecule has 2 aromatic carbocycles. The zero-order valence-corrected chi connectivity index (χ0v) is 15.2. The van der Waals surface area contributed by atoms with Gasteiger partial charge in [-0.15, -0.1) is 0 Å². The first-order chi connectivity index (χ1) is 13.5. The molecule has 144 valence electrons. The lowest BCUT2D eigenvalue weighted by molar-refractivity contribution is -0.127. The molecule has 0 unspecified atom stereocenters. The van der Waals surface area contributed by atoms with Gasteiger partial charge in [0.05, 0.1) is 17.7 Å². The maximum absolute atomic E-state index is 12.5. The third-order valence-corrected chi connectivity index (χ3v) is 4.08. The summed E-state index contributed by atoms with van der Waals surface area (Å²) < 4.78 is 9.98. The fourth-order valence-corrected chi connectivity index (χ4v) is 2.64. The quantitative estimate of drug-likeness (QED) is 0.563. The van der Waals surface area contributed by atoms with Gasteiger partial charge in [0.2, 0.25) is 0 Å². The lowest BCUT2D eigenvalue weighted by Crippen LogP contribution is -2.35. The van der Waals surface area contributed by atoms with E-state index < -0.39 is 30.6 Å². The van der Waals surface area contributed by atoms with Gasteiger partial charge in [-0.3, -0.25) is 9.69 Å². The summed E-state index contributed by atoms with van der Waals surface area (Å²) in [7, 11) is 0. The Morgan fingerprint density at radius 1 is 0.893 bits per heavy atom. The molecule has 0 aliphatic carbocycles. The summed E-state index contributed by atoms with van der Waals surface area (Å²) in [6.45, 7) is 1.32. The van der Waals surface area contributed by atoms with E-state index in [9.17, 15) is 19.2 Å². The van der Waals surface area contributed by atoms with Crippen LogP contribution in [0.1, 0.15) is 27.6 Å². The molecule has 0 N–H and O–H groups in total. The van der Waals surface area contributed by atoms with Crippen molar-refractivity contribution in [2.75, 3.05) is 24.8 Å². The van der Waals surface area contributed by atoms with Crippen molar-refractivity contribution in [3.8, 4) is 0 Å². The van der Waals surface area contributed by atoms with Crippen molar-refractivity contribution in [2.45, 2.75) is 6.92 Å². The number of hydrogen-bond donors (Lipinski definition) is 0. The molecular weight excluding hydrogens is 364 g/mol. The molecule has 1 aliphatic rings. The molecule has 0 bridgehead atoms. The predicted octanol–water partition coefficient (Wildman–Crippen LogP) is 2.45. The summed E-state index contributed by atoms with van der Waals surface area (Å²) >= 11 is 0. The zero-order chi connectivity index (χ0) is 20.1. The number of ether oxygens (including phenoxy) is 2. The monoisotopic (exact) mass is 382 g/mol. The number of benzene rings is 2. The summed E-state index contributed by atoms with van der Waals surface area (Å²) in [5.41, 5.74) is 1.12. The zero-order valence-electron chi connectivity index (χ0n) is 15.2. The van der Waals surface area contributed by atoms with Crippen LogP contribution in [-0.2, 0) is 14.3 Å². The number of carbonyl (C=O) groups excluding carboxylic acids is 4. The number of nitrogens with zero attached hydrogens (tertiary/aromatic N) is 2. The Hall–Kier alpha value is -3.68. The highest BCUT2D eigenvalue weighted by Gasteiger charge is 2.37. The molecule has 1 heterocycles. The highest BCUT2D eigenvalue weighted by Crippen LogP contribution is 2.22. The molecule has 0 saturated carbocycles. The van der Waals surface area contributed by atoms with Crippen LogP contribution in [0.2, 0.25) is 0 Å². The molecule has 0 spiro atoms. The van der Waals surface area contributed by atoms with Gasteiger partial charge in [-0.05, 0) is 43.3 Å². The Morgan fingerprint density at radius 2 is 1.50 bits per heavy atom. The van der Waals surface area contributed by atoms with E-state index in [1.165, 1.54) is 17.0 Å². The van der Waals surface area contributed by atoms with Crippen molar-refractivity contribution in [1.82, 2.24) is 4.90 Å². The van der Waals surface area contributed by atoms with Crippen molar-refractivity contribution in [1.29, 1.82) is 0 Å². The number of esters is 2. The van der Waals surface area contributed by atoms with Gasteiger partial charge in [-0.2, -0.15) is 0 Å². The number of urea groups is 1. The second-order valence-corrected chi connectivity index (χ2v) is 5.88. The number of amides is 3. The minimum absolute atomic E-state index is 0.180. The minimum atomic E-state index is -0.626. The molecule has 0 radical (unpaired) electrons. The second-order valence-electron chi connectivity index (χ2n) is 5.88. The summed E-state index contributed by atoms with van der Waals surface area (Å²) in [4.78, 5) is 50.5. The molecule has 8 nitrogen and oxygen atoms in total. The van der Waals surface area contributed by atoms with Gasteiger partial charge in [0, 0.05) is 5.69 Å². The van der Waals surface area contributed by atoms with Crippen LogP contribution in [0.15, 0.2) is 54.6 Å². The molecule has 1 fully saturated rings. The molecule has 0 aromatic heterocycles. The Bertz CT molecular complexity index is 895. The van der Waals surface area contributed by atoms with Gasteiger partial charge in [0.15, 0.2) is 6.73 Å². The number of rotatable bonds is 6. The van der Waals surface area contributed by atoms with E-state index in [2.05, 4.69) is 0 Å². The van der Waals surface area contributed by atoms with Crippen molar-refractivity contribution in [3.63, 3.8) is 0 Å². The van der Waals surface area contributed by atoms with Crippen LogP contribution in [0.5, 0.6) is 0 Å². The van der Waals surface area contributed by atoms with E-state index in [4.69, 9.17) is 9.47 Å². The third-order valence-electron chi connectivity index (χ3n) is 4.08. The predicted molar refractivity (Wildman–Crippen MR) is 98.7 cm³/mol. The van der Waals surface area contributed by atoms with E-state index in [1.54, 1.807) is 49.4 Å². The summed E-state index contributed by atoms with van der Waals surface area (Å²) in [5, 5.41) is 0. The molecule has 3 amide bonds. The lowest BCUT2D eigenvalue weighted by Gasteiger charge is -2.17. The van der Waals surface area contributed by atoms with Crippen LogP contribution in [0.4, 0.5) is 10.5 Å². The van der Waals surface area contributed by atoms with Crippen LogP contribution in [0, 0.1) is 0 Å². The van der Waals surface area contributed by atoms with Gasteiger partial charge < -0.3 is 9.47 Å². The molecule has 1 aliphatic heterocycles. The summed E-state index contributed by atoms with van der Waals surface area (Å²) in [5.74, 6) is -1.58. The second kappa shape index (κ2) is 8.34. The highest BCUT2D eigenvalue weighted by atomic mass is 16.5. The van der Waals surface area contributed by atoms with Crippen LogP contribution >= 0.6 is 0 Å². The van der Waals surface area contributed by atoms with E-state index in [0.717, 1.165) is 4.90 Å². The average Bonchev–Trinajstić information content (AvgIpc) is 3.00. The first-order valence-corrected chi connectivity index (χ1v) is 8.62. The largest absolute Gasteiger partial charge is 0.462 e. The SMILES string of the molecule is CCOC(=O)c1ccc(N2CC(=O)N(COC(=O)c3ccccc3)C2=O)cc1. The standard InChI is InChI=1S/C20H18N2O6/c1-2-27-18(24)15-8-10-16(11-9-15)21-12-17(23)22(20(21)26)13-28-19(25)14-6-4-3-5-7-14/h3-11H,2,12-13H2,1H3. The minimum Gasteiger partial charge on any atom is -0.462 e. The first kappa shape index (κ1) is 19.1. The summed E-state index contributed by atoms with van der Waals surface area (Å²) in [6.07, 6.45) is 0. The fourth-order valence-electron chi connectivity index (χ4n) is 2.64. The Balaban J connectivity index is 1.64. The van der Waals surface area contributed by atoms with Gasteiger partial charge in [0.1, 0.15) is 6.54 Å². The smallest absolute Gasteiger partial charge is 0.339 e. The Morgan fingerprint density at radius 3 is 2.14 bits per heavy atom. The number of anilines is 1. The topological polar surface area (TPSA) is 93.2 Å². The van der Waals surface area contributed by atoms with Gasteiger partial charge in [-0.1, -0.05) is 18.2 Å². The summed E-state index contributed by atoms with van der Waals surface area (Å²) in [6, 6.07) is 13.8. The Kier molecular flexibility index (Phi) is 5.69. The maximum atomic E-state index is 12.5. The molecule has 28 heavy (non-hydrogen) atoms. The van der Waals surface area contributed by atoms with E-state index in [1.807, 2.05) is 0 Å². The maximum Gasteiger partial charge on any atom is 0.339 e. The van der Waals surface area contributed by atoms with Gasteiger partial charge in [-0.25, -0.2) is 19.3 Å². The van der Waals surface area contributed by atoms with Gasteiger partial charge in [0.25, 0.3) is 5.91 Å². The first-order valence-electron chi connectivity index (χ1n) is 8.62.